The zero-order chi connectivity index (χ0) is 23.9. The predicted octanol–water partition coefficient (Wildman–Crippen LogP) is 4.36. The number of hydrogen-bond acceptors (Lipinski definition) is 6. The summed E-state index contributed by atoms with van der Waals surface area (Å²) in [4.78, 5) is 36.6. The average molecular weight is 497 g/mol. The van der Waals surface area contributed by atoms with E-state index in [4.69, 9.17) is 16.7 Å². The second-order valence-electron chi connectivity index (χ2n) is 6.98. The van der Waals surface area contributed by atoms with Gasteiger partial charge in [-0.1, -0.05) is 28.9 Å². The number of rotatable bonds is 5. The van der Waals surface area contributed by atoms with Crippen molar-refractivity contribution in [3.63, 3.8) is 0 Å². The lowest BCUT2D eigenvalue weighted by Crippen LogP contribution is -2.33. The number of nitrogens with zero attached hydrogens (tertiary/aromatic N) is 3. The van der Waals surface area contributed by atoms with E-state index in [9.17, 15) is 27.6 Å². The van der Waals surface area contributed by atoms with Crippen molar-refractivity contribution in [1.82, 2.24) is 20.3 Å². The summed E-state index contributed by atoms with van der Waals surface area (Å²) >= 11 is 6.24. The number of allylic oxidation sites excluding steroid dienone is 1. The van der Waals surface area contributed by atoms with Gasteiger partial charge in [0.25, 0.3) is 11.1 Å². The van der Waals surface area contributed by atoms with Gasteiger partial charge in [-0.25, -0.2) is 0 Å². The summed E-state index contributed by atoms with van der Waals surface area (Å²) in [6, 6.07) is 7.92. The molecule has 0 unspecified atom stereocenters. The molecule has 1 aromatic heterocycles. The normalized spacial score (nSPS) is 16.1. The molecule has 1 saturated heterocycles. The van der Waals surface area contributed by atoms with Crippen LogP contribution in [0.1, 0.15) is 16.7 Å². The first-order valence-corrected chi connectivity index (χ1v) is 10.4. The van der Waals surface area contributed by atoms with E-state index in [-0.39, 0.29) is 27.5 Å². The molecule has 0 bridgehead atoms. The third-order valence-electron chi connectivity index (χ3n) is 4.84. The average Bonchev–Trinajstić information content (AvgIpc) is 3.31. The lowest BCUT2D eigenvalue weighted by Gasteiger charge is -2.16. The molecule has 170 valence electrons. The molecule has 2 N–H and O–H groups in total. The third-order valence-corrected chi connectivity index (χ3v) is 6.09. The van der Waals surface area contributed by atoms with Crippen molar-refractivity contribution in [3.05, 3.63) is 63.0 Å². The summed E-state index contributed by atoms with van der Waals surface area (Å²) in [7, 11) is 0. The van der Waals surface area contributed by atoms with Crippen molar-refractivity contribution in [2.45, 2.75) is 12.6 Å². The highest BCUT2D eigenvalue weighted by Crippen LogP contribution is 2.41. The number of aromatic nitrogens is 3. The fourth-order valence-electron chi connectivity index (χ4n) is 3.35. The minimum Gasteiger partial charge on any atom is -0.480 e. The summed E-state index contributed by atoms with van der Waals surface area (Å²) in [5.74, 6) is -2.30. The van der Waals surface area contributed by atoms with Crippen molar-refractivity contribution in [3.8, 4) is 0 Å². The fourth-order valence-corrected chi connectivity index (χ4v) is 4.47. The molecule has 1 aliphatic rings. The van der Waals surface area contributed by atoms with Gasteiger partial charge in [-0.3, -0.25) is 24.4 Å². The van der Waals surface area contributed by atoms with Crippen LogP contribution in [0.15, 0.2) is 41.3 Å². The second-order valence-corrected chi connectivity index (χ2v) is 8.38. The number of H-pyrrole nitrogens is 1. The summed E-state index contributed by atoms with van der Waals surface area (Å²) < 4.78 is 41.0. The number of carbonyl (C=O) groups excluding carboxylic acids is 2. The van der Waals surface area contributed by atoms with Crippen molar-refractivity contribution in [1.29, 1.82) is 0 Å². The zero-order valence-corrected chi connectivity index (χ0v) is 17.9. The van der Waals surface area contributed by atoms with Crippen LogP contribution in [0, 0.1) is 0 Å². The number of thioether (sulfide) groups is 1. The first kappa shape index (κ1) is 22.8. The molecule has 0 atom stereocenters. The van der Waals surface area contributed by atoms with E-state index in [1.807, 2.05) is 0 Å². The number of aromatic amines is 1. The van der Waals surface area contributed by atoms with Gasteiger partial charge in [0.1, 0.15) is 12.1 Å². The highest BCUT2D eigenvalue weighted by molar-refractivity contribution is 8.18. The molecule has 13 heteroatoms. The Morgan fingerprint density at radius 3 is 2.64 bits per heavy atom. The van der Waals surface area contributed by atoms with Crippen LogP contribution in [0.4, 0.5) is 18.0 Å². The number of amides is 2. The monoisotopic (exact) mass is 496 g/mol. The first-order chi connectivity index (χ1) is 15.5. The van der Waals surface area contributed by atoms with E-state index in [1.165, 1.54) is 18.2 Å². The van der Waals surface area contributed by atoms with Crippen LogP contribution in [0.3, 0.4) is 0 Å². The Morgan fingerprint density at radius 2 is 1.94 bits per heavy atom. The van der Waals surface area contributed by atoms with E-state index in [1.54, 1.807) is 12.1 Å². The van der Waals surface area contributed by atoms with E-state index in [0.717, 1.165) is 6.07 Å². The van der Waals surface area contributed by atoms with Gasteiger partial charge in [0, 0.05) is 5.02 Å². The lowest BCUT2D eigenvalue weighted by atomic mass is 9.94. The largest absolute Gasteiger partial charge is 0.480 e. The van der Waals surface area contributed by atoms with Gasteiger partial charge in [-0.05, 0) is 59.1 Å². The molecule has 4 rings (SSSR count). The van der Waals surface area contributed by atoms with E-state index < -0.39 is 35.4 Å². The molecule has 1 fully saturated rings. The molecule has 2 amide bonds. The summed E-state index contributed by atoms with van der Waals surface area (Å²) in [5.41, 5.74) is 0.234. The number of carbonyl (C=O) groups is 3. The van der Waals surface area contributed by atoms with Crippen LogP contribution in [0.25, 0.3) is 16.6 Å². The molecular weight excluding hydrogens is 485 g/mol. The standard InChI is InChI=1S/C20H12ClF3N4O4S/c21-11-3-1-10(13(7-11)20(22,23)24)5-12(9-2-4-14-15(6-9)26-27-25-14)17-18(31)28(8-16(29)30)19(32)33-17/h1-4,6-7H,5,8H2,(H,29,30)(H,25,26,27)/b17-12-. The summed E-state index contributed by atoms with van der Waals surface area (Å²) in [5, 5.41) is 18.2. The number of nitrogens with one attached hydrogen (secondary N) is 1. The molecule has 0 saturated carbocycles. The van der Waals surface area contributed by atoms with Crippen LogP contribution in [0.5, 0.6) is 0 Å². The van der Waals surface area contributed by atoms with Crippen LogP contribution >= 0.6 is 23.4 Å². The molecule has 3 aromatic rings. The smallest absolute Gasteiger partial charge is 0.416 e. The number of alkyl halides is 3. The van der Waals surface area contributed by atoms with Gasteiger partial charge in [0.05, 0.1) is 16.0 Å². The van der Waals surface area contributed by atoms with Crippen molar-refractivity contribution < 1.29 is 32.7 Å². The Kier molecular flexibility index (Phi) is 5.89. The third kappa shape index (κ3) is 4.57. The molecule has 0 radical (unpaired) electrons. The maximum Gasteiger partial charge on any atom is 0.416 e. The van der Waals surface area contributed by atoms with E-state index >= 15 is 0 Å². The molecule has 0 spiro atoms. The van der Waals surface area contributed by atoms with Gasteiger partial charge in [0.2, 0.25) is 0 Å². The van der Waals surface area contributed by atoms with Crippen molar-refractivity contribution >= 4 is 57.1 Å². The topological polar surface area (TPSA) is 116 Å². The van der Waals surface area contributed by atoms with Crippen LogP contribution in [0.2, 0.25) is 5.02 Å². The maximum absolute atomic E-state index is 13.7. The lowest BCUT2D eigenvalue weighted by molar-refractivity contribution is -0.140. The van der Waals surface area contributed by atoms with Gasteiger partial charge in [-0.2, -0.15) is 13.2 Å². The SMILES string of the molecule is O=C(O)CN1C(=O)S/C(=C(/Cc2ccc(Cl)cc2C(F)(F)F)c2ccc3[nH]nnc3c2)C1=O. The molecule has 8 nitrogen and oxygen atoms in total. The Labute approximate surface area is 192 Å². The van der Waals surface area contributed by atoms with Crippen LogP contribution < -0.4 is 0 Å². The number of halogens is 4. The number of carboxylic acids is 1. The summed E-state index contributed by atoms with van der Waals surface area (Å²) in [6.07, 6.45) is -5.10. The Morgan fingerprint density at radius 1 is 1.18 bits per heavy atom. The Balaban J connectivity index is 1.88. The Hall–Kier alpha value is -3.38. The van der Waals surface area contributed by atoms with Crippen LogP contribution in [-0.4, -0.2) is 49.1 Å². The van der Waals surface area contributed by atoms with Gasteiger partial charge >= 0.3 is 12.1 Å². The molecule has 2 heterocycles. The van der Waals surface area contributed by atoms with Gasteiger partial charge < -0.3 is 5.11 Å². The predicted molar refractivity (Wildman–Crippen MR) is 113 cm³/mol. The Bertz CT molecular complexity index is 1340. The molecule has 2 aromatic carbocycles. The van der Waals surface area contributed by atoms with Crippen LogP contribution in [-0.2, 0) is 22.2 Å². The maximum atomic E-state index is 13.7. The highest BCUT2D eigenvalue weighted by Gasteiger charge is 2.39. The first-order valence-electron chi connectivity index (χ1n) is 9.20. The van der Waals surface area contributed by atoms with Gasteiger partial charge in [0.15, 0.2) is 0 Å². The highest BCUT2D eigenvalue weighted by atomic mass is 35.5. The molecule has 1 aliphatic heterocycles. The number of imide groups is 1. The van der Waals surface area contributed by atoms with E-state index in [2.05, 4.69) is 15.4 Å². The summed E-state index contributed by atoms with van der Waals surface area (Å²) in [6.45, 7) is -0.863. The molecule has 0 aliphatic carbocycles. The van der Waals surface area contributed by atoms with Crippen molar-refractivity contribution in [2.75, 3.05) is 6.54 Å². The number of fused-ring (bicyclic) bond motifs is 1. The van der Waals surface area contributed by atoms with Gasteiger partial charge in [-0.15, -0.1) is 5.10 Å². The number of carboxylic acid groups (broad SMARTS) is 1. The number of aliphatic carboxylic acids is 1. The van der Waals surface area contributed by atoms with Crippen molar-refractivity contribution in [2.24, 2.45) is 0 Å². The van der Waals surface area contributed by atoms with E-state index in [0.29, 0.717) is 33.3 Å². The molecule has 33 heavy (non-hydrogen) atoms. The minimum atomic E-state index is -4.72. The molecular formula is C20H12ClF3N4O4S. The quantitative estimate of drug-likeness (QED) is 0.504. The zero-order valence-electron chi connectivity index (χ0n) is 16.3. The fraction of sp³-hybridized carbons (Fsp3) is 0.150. The number of benzene rings is 2. The minimum absolute atomic E-state index is 0.113. The number of hydrogen-bond donors (Lipinski definition) is 2. The second kappa shape index (κ2) is 8.52.